The molecule has 3 nitrogen and oxygen atoms in total. The van der Waals surface area contributed by atoms with Gasteiger partial charge in [-0.25, -0.2) is 9.37 Å². The molecule has 2 aromatic rings. The van der Waals surface area contributed by atoms with E-state index in [0.717, 1.165) is 18.5 Å². The number of rotatable bonds is 5. The van der Waals surface area contributed by atoms with Crippen molar-refractivity contribution < 1.29 is 4.39 Å². The molecular weight excluding hydrogens is 229 g/mol. The van der Waals surface area contributed by atoms with Crippen LogP contribution in [0.2, 0.25) is 0 Å². The van der Waals surface area contributed by atoms with E-state index in [1.807, 2.05) is 13.0 Å². The SMILES string of the molecule is CCCNC(C)c1cccc(F)c1-n1ccnc1. The molecule has 0 aliphatic rings. The first kappa shape index (κ1) is 12.8. The van der Waals surface area contributed by atoms with Crippen LogP contribution in [0.1, 0.15) is 31.9 Å². The van der Waals surface area contributed by atoms with E-state index in [-0.39, 0.29) is 11.9 Å². The van der Waals surface area contributed by atoms with Gasteiger partial charge in [-0.05, 0) is 31.5 Å². The lowest BCUT2D eigenvalue weighted by molar-refractivity contribution is 0.557. The van der Waals surface area contributed by atoms with Crippen molar-refractivity contribution in [2.24, 2.45) is 0 Å². The van der Waals surface area contributed by atoms with Gasteiger partial charge in [-0.1, -0.05) is 19.1 Å². The lowest BCUT2D eigenvalue weighted by Crippen LogP contribution is -2.21. The van der Waals surface area contributed by atoms with E-state index in [2.05, 4.69) is 17.2 Å². The maximum atomic E-state index is 14.0. The van der Waals surface area contributed by atoms with Crippen LogP contribution in [0.4, 0.5) is 4.39 Å². The molecule has 0 spiro atoms. The van der Waals surface area contributed by atoms with Crippen LogP contribution < -0.4 is 5.32 Å². The second-order valence-corrected chi connectivity index (χ2v) is 4.32. The molecule has 4 heteroatoms. The van der Waals surface area contributed by atoms with Crippen LogP contribution in [-0.4, -0.2) is 16.1 Å². The molecule has 2 rings (SSSR count). The Kier molecular flexibility index (Phi) is 4.10. The number of hydrogen-bond donors (Lipinski definition) is 1. The molecule has 0 amide bonds. The first-order valence-corrected chi connectivity index (χ1v) is 6.24. The molecule has 0 aliphatic heterocycles. The lowest BCUT2D eigenvalue weighted by atomic mass is 10.1. The topological polar surface area (TPSA) is 29.9 Å². The lowest BCUT2D eigenvalue weighted by Gasteiger charge is -2.18. The van der Waals surface area contributed by atoms with E-state index < -0.39 is 0 Å². The fourth-order valence-electron chi connectivity index (χ4n) is 2.02. The summed E-state index contributed by atoms with van der Waals surface area (Å²) >= 11 is 0. The standard InChI is InChI=1S/C14H18FN3/c1-3-7-17-11(2)12-5-4-6-13(15)14(12)18-9-8-16-10-18/h4-6,8-11,17H,3,7H2,1-2H3. The van der Waals surface area contributed by atoms with E-state index >= 15 is 0 Å². The molecule has 1 heterocycles. The summed E-state index contributed by atoms with van der Waals surface area (Å²) in [4.78, 5) is 3.98. The third-order valence-corrected chi connectivity index (χ3v) is 2.95. The molecule has 0 fully saturated rings. The van der Waals surface area contributed by atoms with Crippen molar-refractivity contribution in [1.82, 2.24) is 14.9 Å². The summed E-state index contributed by atoms with van der Waals surface area (Å²) in [5.41, 5.74) is 1.52. The molecular formula is C14H18FN3. The van der Waals surface area contributed by atoms with Gasteiger partial charge >= 0.3 is 0 Å². The van der Waals surface area contributed by atoms with Gasteiger partial charge in [-0.3, -0.25) is 0 Å². The van der Waals surface area contributed by atoms with Gasteiger partial charge in [0.25, 0.3) is 0 Å². The van der Waals surface area contributed by atoms with Crippen LogP contribution in [0.3, 0.4) is 0 Å². The molecule has 18 heavy (non-hydrogen) atoms. The van der Waals surface area contributed by atoms with Crippen LogP contribution in [0.5, 0.6) is 0 Å². The molecule has 0 radical (unpaired) electrons. The van der Waals surface area contributed by atoms with E-state index in [1.165, 1.54) is 6.07 Å². The molecule has 0 saturated carbocycles. The molecule has 1 unspecified atom stereocenters. The summed E-state index contributed by atoms with van der Waals surface area (Å²) in [6.45, 7) is 5.08. The van der Waals surface area contributed by atoms with Crippen LogP contribution in [-0.2, 0) is 0 Å². The summed E-state index contributed by atoms with van der Waals surface area (Å²) in [5.74, 6) is -0.226. The normalized spacial score (nSPS) is 12.6. The Morgan fingerprint density at radius 2 is 2.28 bits per heavy atom. The van der Waals surface area contributed by atoms with E-state index in [9.17, 15) is 4.39 Å². The Labute approximate surface area is 107 Å². The number of hydrogen-bond acceptors (Lipinski definition) is 2. The summed E-state index contributed by atoms with van der Waals surface area (Å²) in [6.07, 6.45) is 6.09. The zero-order chi connectivity index (χ0) is 13.0. The van der Waals surface area contributed by atoms with E-state index in [4.69, 9.17) is 0 Å². The molecule has 0 saturated heterocycles. The number of benzene rings is 1. The third kappa shape index (κ3) is 2.59. The number of para-hydroxylation sites is 1. The highest BCUT2D eigenvalue weighted by molar-refractivity contribution is 5.44. The second kappa shape index (κ2) is 5.78. The number of aromatic nitrogens is 2. The van der Waals surface area contributed by atoms with Gasteiger partial charge in [0.2, 0.25) is 0 Å². The molecule has 0 aliphatic carbocycles. The smallest absolute Gasteiger partial charge is 0.147 e. The maximum absolute atomic E-state index is 14.0. The Hall–Kier alpha value is -1.68. The van der Waals surface area contributed by atoms with Gasteiger partial charge in [-0.2, -0.15) is 0 Å². The van der Waals surface area contributed by atoms with Crippen molar-refractivity contribution in [2.75, 3.05) is 6.54 Å². The Bertz CT molecular complexity index is 494. The average Bonchev–Trinajstić information content (AvgIpc) is 2.89. The minimum Gasteiger partial charge on any atom is -0.310 e. The summed E-state index contributed by atoms with van der Waals surface area (Å²) in [6, 6.07) is 5.28. The molecule has 1 aromatic carbocycles. The number of imidazole rings is 1. The summed E-state index contributed by atoms with van der Waals surface area (Å²) < 4.78 is 15.7. The van der Waals surface area contributed by atoms with Gasteiger partial charge in [-0.15, -0.1) is 0 Å². The van der Waals surface area contributed by atoms with E-state index in [0.29, 0.717) is 5.69 Å². The second-order valence-electron chi connectivity index (χ2n) is 4.32. The minimum absolute atomic E-state index is 0.109. The Morgan fingerprint density at radius 3 is 2.94 bits per heavy atom. The average molecular weight is 247 g/mol. The minimum atomic E-state index is -0.226. The number of nitrogens with zero attached hydrogens (tertiary/aromatic N) is 2. The molecule has 96 valence electrons. The monoisotopic (exact) mass is 247 g/mol. The van der Waals surface area contributed by atoms with Gasteiger partial charge in [0.15, 0.2) is 0 Å². The third-order valence-electron chi connectivity index (χ3n) is 2.95. The van der Waals surface area contributed by atoms with Crippen LogP contribution in [0, 0.1) is 5.82 Å². The Balaban J connectivity index is 2.38. The van der Waals surface area contributed by atoms with Crippen molar-refractivity contribution in [2.45, 2.75) is 26.3 Å². The number of nitrogens with one attached hydrogen (secondary N) is 1. The molecule has 1 N–H and O–H groups in total. The fraction of sp³-hybridized carbons (Fsp3) is 0.357. The first-order chi connectivity index (χ1) is 8.74. The van der Waals surface area contributed by atoms with Crippen molar-refractivity contribution >= 4 is 0 Å². The van der Waals surface area contributed by atoms with Crippen molar-refractivity contribution in [3.05, 3.63) is 48.3 Å². The van der Waals surface area contributed by atoms with Gasteiger partial charge in [0.05, 0.1) is 12.0 Å². The summed E-state index contributed by atoms with van der Waals surface area (Å²) in [5, 5.41) is 3.38. The van der Waals surface area contributed by atoms with E-state index in [1.54, 1.807) is 29.4 Å². The fourth-order valence-corrected chi connectivity index (χ4v) is 2.02. The van der Waals surface area contributed by atoms with Crippen LogP contribution >= 0.6 is 0 Å². The molecule has 1 atom stereocenters. The highest BCUT2D eigenvalue weighted by Gasteiger charge is 2.14. The van der Waals surface area contributed by atoms with Crippen molar-refractivity contribution in [1.29, 1.82) is 0 Å². The van der Waals surface area contributed by atoms with Gasteiger partial charge in [0, 0.05) is 18.4 Å². The van der Waals surface area contributed by atoms with Crippen molar-refractivity contribution in [3.8, 4) is 5.69 Å². The predicted molar refractivity (Wildman–Crippen MR) is 70.2 cm³/mol. The zero-order valence-electron chi connectivity index (χ0n) is 10.7. The number of halogens is 1. The predicted octanol–water partition coefficient (Wildman–Crippen LogP) is 3.07. The maximum Gasteiger partial charge on any atom is 0.147 e. The van der Waals surface area contributed by atoms with Crippen molar-refractivity contribution in [3.63, 3.8) is 0 Å². The largest absolute Gasteiger partial charge is 0.310 e. The Morgan fingerprint density at radius 1 is 1.44 bits per heavy atom. The highest BCUT2D eigenvalue weighted by atomic mass is 19.1. The first-order valence-electron chi connectivity index (χ1n) is 6.24. The van der Waals surface area contributed by atoms with Gasteiger partial charge < -0.3 is 9.88 Å². The molecule has 0 bridgehead atoms. The van der Waals surface area contributed by atoms with Crippen LogP contribution in [0.25, 0.3) is 5.69 Å². The van der Waals surface area contributed by atoms with Crippen LogP contribution in [0.15, 0.2) is 36.9 Å². The molecule has 1 aromatic heterocycles. The summed E-state index contributed by atoms with van der Waals surface area (Å²) in [7, 11) is 0. The van der Waals surface area contributed by atoms with Gasteiger partial charge in [0.1, 0.15) is 5.82 Å². The zero-order valence-corrected chi connectivity index (χ0v) is 10.7. The quantitative estimate of drug-likeness (QED) is 0.880. The highest BCUT2D eigenvalue weighted by Crippen LogP contribution is 2.24.